The minimum absolute atomic E-state index is 0.162. The van der Waals surface area contributed by atoms with Crippen LogP contribution in [0.4, 0.5) is 0 Å². The molecule has 2 heterocycles. The second-order valence-corrected chi connectivity index (χ2v) is 8.64. The molecule has 138 valence electrons. The summed E-state index contributed by atoms with van der Waals surface area (Å²) in [6, 6.07) is 10.5. The smallest absolute Gasteiger partial charge is 0.257 e. The summed E-state index contributed by atoms with van der Waals surface area (Å²) in [4.78, 5) is 5.46. The number of likely N-dealkylation sites (N-methyl/N-ethyl adjacent to an activating group) is 1. The molecule has 1 aromatic carbocycles. The van der Waals surface area contributed by atoms with Crippen molar-refractivity contribution in [1.29, 1.82) is 0 Å². The third-order valence-electron chi connectivity index (χ3n) is 3.86. The molecule has 0 fully saturated rings. The molecule has 3 rings (SSSR count). The summed E-state index contributed by atoms with van der Waals surface area (Å²) in [6.07, 6.45) is 0.625. The Kier molecular flexibility index (Phi) is 5.82. The van der Waals surface area contributed by atoms with Gasteiger partial charge in [0.2, 0.25) is 10.0 Å². The highest BCUT2D eigenvalue weighted by atomic mass is 32.2. The van der Waals surface area contributed by atoms with E-state index in [1.807, 2.05) is 31.5 Å². The van der Waals surface area contributed by atoms with Crippen molar-refractivity contribution < 1.29 is 12.9 Å². The van der Waals surface area contributed by atoms with E-state index in [0.717, 1.165) is 4.88 Å². The van der Waals surface area contributed by atoms with Gasteiger partial charge < -0.3 is 9.84 Å². The molecule has 9 heteroatoms. The van der Waals surface area contributed by atoms with Crippen molar-refractivity contribution in [1.82, 2.24) is 20.2 Å². The molecule has 0 saturated heterocycles. The highest BCUT2D eigenvalue weighted by Crippen LogP contribution is 2.21. The standard InChI is InChI=1S/C17H20N4O3S2/c1-12(18-2)9-16-20-17(24-21-16)13-5-3-7-15(10-13)26(22,23)19-11-14-6-4-8-25-14/h3-8,10,12,18-19H,9,11H2,1-2H3. The Balaban J connectivity index is 1.77. The second kappa shape index (κ2) is 8.09. The second-order valence-electron chi connectivity index (χ2n) is 5.84. The van der Waals surface area contributed by atoms with Gasteiger partial charge in [-0.15, -0.1) is 11.3 Å². The Labute approximate surface area is 156 Å². The first kappa shape index (κ1) is 18.7. The zero-order valence-electron chi connectivity index (χ0n) is 14.5. The molecule has 1 atom stereocenters. The molecule has 0 aliphatic rings. The van der Waals surface area contributed by atoms with Crippen molar-refractivity contribution in [3.63, 3.8) is 0 Å². The van der Waals surface area contributed by atoms with E-state index in [9.17, 15) is 8.42 Å². The minimum atomic E-state index is -3.63. The molecule has 0 aliphatic heterocycles. The zero-order valence-corrected chi connectivity index (χ0v) is 16.1. The summed E-state index contributed by atoms with van der Waals surface area (Å²) < 4.78 is 32.9. The minimum Gasteiger partial charge on any atom is -0.334 e. The summed E-state index contributed by atoms with van der Waals surface area (Å²) in [7, 11) is -1.76. The van der Waals surface area contributed by atoms with E-state index in [-0.39, 0.29) is 17.5 Å². The van der Waals surface area contributed by atoms with Crippen LogP contribution in [-0.2, 0) is 23.0 Å². The molecule has 2 aromatic heterocycles. The van der Waals surface area contributed by atoms with E-state index in [1.165, 1.54) is 17.4 Å². The third kappa shape index (κ3) is 4.55. The summed E-state index contributed by atoms with van der Waals surface area (Å²) >= 11 is 1.50. The van der Waals surface area contributed by atoms with Crippen LogP contribution in [0, 0.1) is 0 Å². The number of thiophene rings is 1. The topological polar surface area (TPSA) is 97.1 Å². The molecule has 0 radical (unpaired) electrons. The van der Waals surface area contributed by atoms with Crippen LogP contribution in [0.5, 0.6) is 0 Å². The molecule has 2 N–H and O–H groups in total. The first-order chi connectivity index (χ1) is 12.5. The third-order valence-corrected chi connectivity index (χ3v) is 6.13. The summed E-state index contributed by atoms with van der Waals surface area (Å²) in [5.74, 6) is 0.879. The molecule has 7 nitrogen and oxygen atoms in total. The van der Waals surface area contributed by atoms with Gasteiger partial charge in [-0.25, -0.2) is 13.1 Å². The molecule has 0 spiro atoms. The number of nitrogens with one attached hydrogen (secondary N) is 2. The van der Waals surface area contributed by atoms with Gasteiger partial charge in [0.25, 0.3) is 5.89 Å². The van der Waals surface area contributed by atoms with Crippen molar-refractivity contribution in [2.24, 2.45) is 0 Å². The average Bonchev–Trinajstić information content (AvgIpc) is 3.32. The van der Waals surface area contributed by atoms with Gasteiger partial charge in [0, 0.05) is 29.4 Å². The Morgan fingerprint density at radius 2 is 2.12 bits per heavy atom. The van der Waals surface area contributed by atoms with Crippen LogP contribution in [0.15, 0.2) is 51.2 Å². The van der Waals surface area contributed by atoms with Crippen LogP contribution >= 0.6 is 11.3 Å². The Hall–Kier alpha value is -2.07. The van der Waals surface area contributed by atoms with Crippen molar-refractivity contribution >= 4 is 21.4 Å². The van der Waals surface area contributed by atoms with E-state index in [4.69, 9.17) is 4.52 Å². The molecule has 3 aromatic rings. The van der Waals surface area contributed by atoms with Gasteiger partial charge in [-0.2, -0.15) is 4.98 Å². The van der Waals surface area contributed by atoms with Gasteiger partial charge in [-0.3, -0.25) is 0 Å². The number of sulfonamides is 1. The maximum atomic E-state index is 12.5. The van der Waals surface area contributed by atoms with Crippen molar-refractivity contribution in [3.8, 4) is 11.5 Å². The predicted octanol–water partition coefficient (Wildman–Crippen LogP) is 2.43. The molecule has 0 amide bonds. The predicted molar refractivity (Wildman–Crippen MR) is 100 cm³/mol. The molecular weight excluding hydrogens is 372 g/mol. The molecule has 0 aliphatic carbocycles. The Bertz CT molecular complexity index is 952. The van der Waals surface area contributed by atoms with Gasteiger partial charge in [0.15, 0.2) is 5.82 Å². The number of hydrogen-bond acceptors (Lipinski definition) is 7. The van der Waals surface area contributed by atoms with Gasteiger partial charge in [0.1, 0.15) is 0 Å². The van der Waals surface area contributed by atoms with Crippen LogP contribution in [0.2, 0.25) is 0 Å². The van der Waals surface area contributed by atoms with Crippen LogP contribution < -0.4 is 10.0 Å². The Morgan fingerprint density at radius 3 is 2.85 bits per heavy atom. The lowest BCUT2D eigenvalue weighted by atomic mass is 10.2. The summed E-state index contributed by atoms with van der Waals surface area (Å²) in [6.45, 7) is 2.28. The molecular formula is C17H20N4O3S2. The largest absolute Gasteiger partial charge is 0.334 e. The summed E-state index contributed by atoms with van der Waals surface area (Å²) in [5.41, 5.74) is 0.569. The van der Waals surface area contributed by atoms with Crippen molar-refractivity contribution in [2.45, 2.75) is 30.8 Å². The summed E-state index contributed by atoms with van der Waals surface area (Å²) in [5, 5.41) is 8.97. The van der Waals surface area contributed by atoms with E-state index < -0.39 is 10.0 Å². The zero-order chi connectivity index (χ0) is 18.6. The van der Waals surface area contributed by atoms with Crippen LogP contribution in [-0.4, -0.2) is 31.6 Å². The lowest BCUT2D eigenvalue weighted by Gasteiger charge is -2.06. The fraction of sp³-hybridized carbons (Fsp3) is 0.294. The maximum absolute atomic E-state index is 12.5. The number of nitrogens with zero attached hydrogens (tertiary/aromatic N) is 2. The van der Waals surface area contributed by atoms with E-state index in [0.29, 0.717) is 23.7 Å². The molecule has 1 unspecified atom stereocenters. The average molecular weight is 393 g/mol. The monoisotopic (exact) mass is 392 g/mol. The van der Waals surface area contributed by atoms with Crippen molar-refractivity contribution in [3.05, 3.63) is 52.5 Å². The molecule has 0 saturated carbocycles. The SMILES string of the molecule is CNC(C)Cc1noc(-c2cccc(S(=O)(=O)NCc3cccs3)c2)n1. The number of benzene rings is 1. The van der Waals surface area contributed by atoms with E-state index >= 15 is 0 Å². The maximum Gasteiger partial charge on any atom is 0.257 e. The number of hydrogen-bond donors (Lipinski definition) is 2. The van der Waals surface area contributed by atoms with Crippen LogP contribution in [0.25, 0.3) is 11.5 Å². The van der Waals surface area contributed by atoms with Crippen LogP contribution in [0.1, 0.15) is 17.6 Å². The van der Waals surface area contributed by atoms with Gasteiger partial charge in [-0.1, -0.05) is 17.3 Å². The number of aromatic nitrogens is 2. The highest BCUT2D eigenvalue weighted by molar-refractivity contribution is 7.89. The highest BCUT2D eigenvalue weighted by Gasteiger charge is 2.17. The van der Waals surface area contributed by atoms with Gasteiger partial charge in [0.05, 0.1) is 4.90 Å². The van der Waals surface area contributed by atoms with E-state index in [2.05, 4.69) is 20.2 Å². The van der Waals surface area contributed by atoms with Crippen LogP contribution in [0.3, 0.4) is 0 Å². The first-order valence-corrected chi connectivity index (χ1v) is 10.5. The number of rotatable bonds is 8. The van der Waals surface area contributed by atoms with Gasteiger partial charge in [-0.05, 0) is 43.6 Å². The van der Waals surface area contributed by atoms with Crippen molar-refractivity contribution in [2.75, 3.05) is 7.05 Å². The fourth-order valence-corrected chi connectivity index (χ4v) is 4.08. The molecule has 26 heavy (non-hydrogen) atoms. The normalized spacial score (nSPS) is 13.0. The van der Waals surface area contributed by atoms with E-state index in [1.54, 1.807) is 18.2 Å². The Morgan fingerprint density at radius 1 is 1.27 bits per heavy atom. The molecule has 0 bridgehead atoms. The quantitative estimate of drug-likeness (QED) is 0.611. The fourth-order valence-electron chi connectivity index (χ4n) is 2.29. The lowest BCUT2D eigenvalue weighted by molar-refractivity contribution is 0.418. The lowest BCUT2D eigenvalue weighted by Crippen LogP contribution is -2.24. The first-order valence-electron chi connectivity index (χ1n) is 8.10. The van der Waals surface area contributed by atoms with Gasteiger partial charge >= 0.3 is 0 Å².